The lowest BCUT2D eigenvalue weighted by Crippen LogP contribution is -2.09. The second kappa shape index (κ2) is 6.26. The van der Waals surface area contributed by atoms with Gasteiger partial charge in [-0.15, -0.1) is 0 Å². The van der Waals surface area contributed by atoms with E-state index in [0.717, 1.165) is 11.1 Å². The molecule has 2 rings (SSSR count). The zero-order valence-electron chi connectivity index (χ0n) is 12.3. The van der Waals surface area contributed by atoms with Crippen molar-refractivity contribution < 1.29 is 14.3 Å². The molecule has 5 nitrogen and oxygen atoms in total. The van der Waals surface area contributed by atoms with Crippen LogP contribution in [0.1, 0.15) is 27.0 Å². The molecule has 0 atom stereocenters. The van der Waals surface area contributed by atoms with Gasteiger partial charge in [0.25, 0.3) is 0 Å². The molecular weight excluding hydrogens is 268 g/mol. The quantitative estimate of drug-likeness (QED) is 0.691. The van der Waals surface area contributed by atoms with Crippen LogP contribution in [0.3, 0.4) is 0 Å². The Bertz CT molecular complexity index is 669. The average molecular weight is 286 g/mol. The maximum Gasteiger partial charge on any atom is 0.338 e. The number of pyridine rings is 1. The first-order valence-corrected chi connectivity index (χ1v) is 6.54. The maximum absolute atomic E-state index is 12.2. The Morgan fingerprint density at radius 2 is 2.05 bits per heavy atom. The average Bonchev–Trinajstić information content (AvgIpc) is 2.48. The van der Waals surface area contributed by atoms with Gasteiger partial charge in [-0.1, -0.05) is 6.07 Å². The maximum atomic E-state index is 12.2. The van der Waals surface area contributed by atoms with Crippen LogP contribution >= 0.6 is 0 Å². The second-order valence-electron chi connectivity index (χ2n) is 4.77. The summed E-state index contributed by atoms with van der Waals surface area (Å²) in [6.45, 7) is 3.86. The van der Waals surface area contributed by atoms with E-state index >= 15 is 0 Å². The van der Waals surface area contributed by atoms with Gasteiger partial charge in [0.05, 0.1) is 18.2 Å². The van der Waals surface area contributed by atoms with Crippen LogP contribution < -0.4 is 10.5 Å². The molecule has 0 aliphatic rings. The van der Waals surface area contributed by atoms with Gasteiger partial charge in [-0.2, -0.15) is 0 Å². The number of anilines is 1. The Morgan fingerprint density at radius 1 is 1.29 bits per heavy atom. The Kier molecular flexibility index (Phi) is 4.42. The minimum absolute atomic E-state index is 0.100. The fraction of sp³-hybridized carbons (Fsp3) is 0.250. The van der Waals surface area contributed by atoms with Crippen LogP contribution in [0.5, 0.6) is 5.88 Å². The number of nitrogen functional groups attached to an aromatic ring is 1. The van der Waals surface area contributed by atoms with Crippen molar-refractivity contribution in [1.29, 1.82) is 0 Å². The molecule has 2 aromatic rings. The van der Waals surface area contributed by atoms with E-state index in [1.54, 1.807) is 24.4 Å². The number of aromatic nitrogens is 1. The number of hydrogen-bond acceptors (Lipinski definition) is 5. The van der Waals surface area contributed by atoms with Gasteiger partial charge in [0, 0.05) is 11.9 Å². The van der Waals surface area contributed by atoms with E-state index in [9.17, 15) is 4.79 Å². The van der Waals surface area contributed by atoms with E-state index in [-0.39, 0.29) is 6.61 Å². The summed E-state index contributed by atoms with van der Waals surface area (Å²) in [5.74, 6) is 0.0375. The van der Waals surface area contributed by atoms with E-state index in [1.807, 2.05) is 19.9 Å². The van der Waals surface area contributed by atoms with Crippen LogP contribution in [0.25, 0.3) is 0 Å². The zero-order chi connectivity index (χ0) is 15.4. The zero-order valence-corrected chi connectivity index (χ0v) is 12.3. The van der Waals surface area contributed by atoms with Crippen molar-refractivity contribution >= 4 is 11.7 Å². The molecule has 0 bridgehead atoms. The van der Waals surface area contributed by atoms with Crippen LogP contribution in [0, 0.1) is 13.8 Å². The second-order valence-corrected chi connectivity index (χ2v) is 4.77. The molecule has 0 unspecified atom stereocenters. The van der Waals surface area contributed by atoms with Crippen LogP contribution in [-0.4, -0.2) is 18.1 Å². The number of aryl methyl sites for hydroxylation is 2. The van der Waals surface area contributed by atoms with Crippen molar-refractivity contribution in [2.45, 2.75) is 20.5 Å². The van der Waals surface area contributed by atoms with Gasteiger partial charge in [-0.25, -0.2) is 9.78 Å². The number of hydrogen-bond donors (Lipinski definition) is 1. The Labute approximate surface area is 123 Å². The number of methoxy groups -OCH3 is 1. The van der Waals surface area contributed by atoms with Crippen LogP contribution in [0.2, 0.25) is 0 Å². The minimum Gasteiger partial charge on any atom is -0.481 e. The number of carbonyl (C=O) groups excluding carboxylic acids is 1. The van der Waals surface area contributed by atoms with Crippen LogP contribution in [-0.2, 0) is 11.3 Å². The first-order chi connectivity index (χ1) is 10.0. The number of esters is 1. The third-order valence-corrected chi connectivity index (χ3v) is 3.24. The standard InChI is InChI=1S/C16H18N2O3/c1-10-7-11(2)14(17)8-13(10)16(19)21-9-12-5-4-6-18-15(12)20-3/h4-8H,9,17H2,1-3H3. The van der Waals surface area contributed by atoms with Crippen molar-refractivity contribution in [1.82, 2.24) is 4.98 Å². The molecule has 0 saturated heterocycles. The molecule has 0 radical (unpaired) electrons. The number of nitrogens with zero attached hydrogens (tertiary/aromatic N) is 1. The van der Waals surface area contributed by atoms with E-state index in [2.05, 4.69) is 4.98 Å². The fourth-order valence-electron chi connectivity index (χ4n) is 2.03. The summed E-state index contributed by atoms with van der Waals surface area (Å²) in [5, 5.41) is 0. The molecular formula is C16H18N2O3. The highest BCUT2D eigenvalue weighted by atomic mass is 16.5. The van der Waals surface area contributed by atoms with Gasteiger partial charge in [0.15, 0.2) is 0 Å². The highest BCUT2D eigenvalue weighted by molar-refractivity contribution is 5.92. The molecule has 1 aromatic carbocycles. The molecule has 0 amide bonds. The van der Waals surface area contributed by atoms with Crippen LogP contribution in [0.15, 0.2) is 30.5 Å². The highest BCUT2D eigenvalue weighted by Crippen LogP contribution is 2.20. The topological polar surface area (TPSA) is 74.4 Å². The summed E-state index contributed by atoms with van der Waals surface area (Å²) in [6.07, 6.45) is 1.62. The van der Waals surface area contributed by atoms with Gasteiger partial charge >= 0.3 is 5.97 Å². The third-order valence-electron chi connectivity index (χ3n) is 3.24. The summed E-state index contributed by atoms with van der Waals surface area (Å²) in [6, 6.07) is 7.08. The molecule has 0 spiro atoms. The first-order valence-electron chi connectivity index (χ1n) is 6.54. The predicted molar refractivity (Wildman–Crippen MR) is 80.2 cm³/mol. The Balaban J connectivity index is 2.14. The lowest BCUT2D eigenvalue weighted by molar-refractivity contribution is 0.0468. The van der Waals surface area contributed by atoms with Crippen molar-refractivity contribution in [3.8, 4) is 5.88 Å². The normalized spacial score (nSPS) is 10.2. The van der Waals surface area contributed by atoms with Gasteiger partial charge in [-0.05, 0) is 43.2 Å². The minimum atomic E-state index is -0.412. The summed E-state index contributed by atoms with van der Waals surface area (Å²) in [5.41, 5.74) is 9.39. The third kappa shape index (κ3) is 3.31. The fourth-order valence-corrected chi connectivity index (χ4v) is 2.03. The molecule has 0 aliphatic carbocycles. The van der Waals surface area contributed by atoms with Gasteiger partial charge < -0.3 is 15.2 Å². The predicted octanol–water partition coefficient (Wildman–Crippen LogP) is 2.65. The summed E-state index contributed by atoms with van der Waals surface area (Å²) in [7, 11) is 1.53. The van der Waals surface area contributed by atoms with E-state index in [1.165, 1.54) is 7.11 Å². The molecule has 0 aliphatic heterocycles. The number of ether oxygens (including phenoxy) is 2. The summed E-state index contributed by atoms with van der Waals surface area (Å²) in [4.78, 5) is 16.2. The summed E-state index contributed by atoms with van der Waals surface area (Å²) >= 11 is 0. The molecule has 110 valence electrons. The van der Waals surface area contributed by atoms with E-state index in [4.69, 9.17) is 15.2 Å². The lowest BCUT2D eigenvalue weighted by atomic mass is 10.0. The van der Waals surface area contributed by atoms with Gasteiger partial charge in [0.1, 0.15) is 6.61 Å². The number of carbonyl (C=O) groups is 1. The molecule has 1 heterocycles. The summed E-state index contributed by atoms with van der Waals surface area (Å²) < 4.78 is 10.4. The van der Waals surface area contributed by atoms with E-state index < -0.39 is 5.97 Å². The number of benzene rings is 1. The molecule has 1 aromatic heterocycles. The Hall–Kier alpha value is -2.56. The lowest BCUT2D eigenvalue weighted by Gasteiger charge is -2.11. The molecule has 0 fully saturated rings. The van der Waals surface area contributed by atoms with E-state index in [0.29, 0.717) is 22.7 Å². The number of rotatable bonds is 4. The molecule has 0 saturated carbocycles. The van der Waals surface area contributed by atoms with Crippen molar-refractivity contribution in [2.24, 2.45) is 0 Å². The van der Waals surface area contributed by atoms with Crippen molar-refractivity contribution in [3.05, 3.63) is 52.7 Å². The highest BCUT2D eigenvalue weighted by Gasteiger charge is 2.14. The smallest absolute Gasteiger partial charge is 0.338 e. The van der Waals surface area contributed by atoms with Crippen molar-refractivity contribution in [3.63, 3.8) is 0 Å². The van der Waals surface area contributed by atoms with Crippen LogP contribution in [0.4, 0.5) is 5.69 Å². The van der Waals surface area contributed by atoms with Crippen molar-refractivity contribution in [2.75, 3.05) is 12.8 Å². The molecule has 21 heavy (non-hydrogen) atoms. The number of nitrogens with two attached hydrogens (primary N) is 1. The SMILES string of the molecule is COc1ncccc1COC(=O)c1cc(N)c(C)cc1C. The van der Waals surface area contributed by atoms with Gasteiger partial charge in [0.2, 0.25) is 5.88 Å². The molecule has 5 heteroatoms. The monoisotopic (exact) mass is 286 g/mol. The first kappa shape index (κ1) is 14.8. The van der Waals surface area contributed by atoms with Gasteiger partial charge in [-0.3, -0.25) is 0 Å². The Morgan fingerprint density at radius 3 is 2.76 bits per heavy atom. The molecule has 2 N–H and O–H groups in total. The largest absolute Gasteiger partial charge is 0.481 e.